The molecular formula is C17H16ClN3O5S. The zero-order chi connectivity index (χ0) is 20.2. The predicted molar refractivity (Wildman–Crippen MR) is 101 cm³/mol. The van der Waals surface area contributed by atoms with Gasteiger partial charge in [-0.05, 0) is 31.2 Å². The molecule has 0 saturated carbocycles. The number of sulfone groups is 1. The van der Waals surface area contributed by atoms with Crippen LogP contribution in [0.3, 0.4) is 0 Å². The van der Waals surface area contributed by atoms with Gasteiger partial charge in [0.2, 0.25) is 0 Å². The zero-order valence-electron chi connectivity index (χ0n) is 14.5. The first-order valence-corrected chi connectivity index (χ1v) is 9.98. The number of nitro groups is 1. The minimum Gasteiger partial charge on any atom is -0.456 e. The van der Waals surface area contributed by atoms with Gasteiger partial charge in [0.05, 0.1) is 27.3 Å². The van der Waals surface area contributed by atoms with E-state index in [1.807, 2.05) is 6.07 Å². The molecule has 1 N–H and O–H groups in total. The van der Waals surface area contributed by atoms with Crippen LogP contribution >= 0.6 is 11.6 Å². The number of anilines is 1. The van der Waals surface area contributed by atoms with Gasteiger partial charge in [-0.2, -0.15) is 5.26 Å². The Morgan fingerprint density at radius 1 is 1.33 bits per heavy atom. The molecule has 1 unspecified atom stereocenters. The average Bonchev–Trinajstić information content (AvgIpc) is 2.56. The average molecular weight is 410 g/mol. The van der Waals surface area contributed by atoms with Gasteiger partial charge in [0.25, 0.3) is 5.69 Å². The lowest BCUT2D eigenvalue weighted by Crippen LogP contribution is -2.15. The van der Waals surface area contributed by atoms with Crippen LogP contribution in [0.2, 0.25) is 5.02 Å². The quantitative estimate of drug-likeness (QED) is 0.538. The van der Waals surface area contributed by atoms with E-state index in [4.69, 9.17) is 21.6 Å². The summed E-state index contributed by atoms with van der Waals surface area (Å²) >= 11 is 6.08. The summed E-state index contributed by atoms with van der Waals surface area (Å²) in [5, 5.41) is 22.9. The standard InChI is InChI=1S/C17H16ClN3O5S/c1-11(7-8-19)20-15-9-12(3-5-16(15)21(22)23)26-17-6-4-13(10-14(17)18)27(2,24)25/h3-6,9-11,20H,7H2,1-2H3. The van der Waals surface area contributed by atoms with E-state index in [1.54, 1.807) is 6.92 Å². The first-order chi connectivity index (χ1) is 12.6. The highest BCUT2D eigenvalue weighted by atomic mass is 35.5. The summed E-state index contributed by atoms with van der Waals surface area (Å²) < 4.78 is 28.8. The van der Waals surface area contributed by atoms with Crippen LogP contribution in [-0.4, -0.2) is 25.6 Å². The van der Waals surface area contributed by atoms with Crippen molar-refractivity contribution in [2.75, 3.05) is 11.6 Å². The van der Waals surface area contributed by atoms with E-state index in [1.165, 1.54) is 36.4 Å². The molecule has 0 heterocycles. The molecule has 142 valence electrons. The largest absolute Gasteiger partial charge is 0.456 e. The molecule has 0 spiro atoms. The highest BCUT2D eigenvalue weighted by molar-refractivity contribution is 7.90. The maximum absolute atomic E-state index is 11.6. The minimum atomic E-state index is -3.41. The molecule has 0 fully saturated rings. The molecule has 0 saturated heterocycles. The number of hydrogen-bond acceptors (Lipinski definition) is 7. The summed E-state index contributed by atoms with van der Waals surface area (Å²) in [6.45, 7) is 1.72. The van der Waals surface area contributed by atoms with Crippen molar-refractivity contribution in [1.82, 2.24) is 0 Å². The Bertz CT molecular complexity index is 1020. The van der Waals surface area contributed by atoms with Crippen molar-refractivity contribution in [1.29, 1.82) is 5.26 Å². The molecule has 10 heteroatoms. The van der Waals surface area contributed by atoms with E-state index >= 15 is 0 Å². The van der Waals surface area contributed by atoms with Gasteiger partial charge in [-0.1, -0.05) is 11.6 Å². The molecule has 0 radical (unpaired) electrons. The van der Waals surface area contributed by atoms with Gasteiger partial charge in [0.15, 0.2) is 9.84 Å². The molecule has 2 rings (SSSR count). The molecule has 0 aliphatic heterocycles. The first-order valence-electron chi connectivity index (χ1n) is 7.71. The van der Waals surface area contributed by atoms with Crippen molar-refractivity contribution < 1.29 is 18.1 Å². The molecule has 0 bridgehead atoms. The lowest BCUT2D eigenvalue weighted by Gasteiger charge is -2.14. The molecular weight excluding hydrogens is 394 g/mol. The Labute approximate surface area is 161 Å². The number of hydrogen-bond donors (Lipinski definition) is 1. The molecule has 0 amide bonds. The van der Waals surface area contributed by atoms with Gasteiger partial charge < -0.3 is 10.1 Å². The summed E-state index contributed by atoms with van der Waals surface area (Å²) in [6, 6.07) is 9.82. The predicted octanol–water partition coefficient (Wildman–Crippen LogP) is 4.16. The van der Waals surface area contributed by atoms with Crippen molar-refractivity contribution in [3.05, 3.63) is 51.5 Å². The van der Waals surface area contributed by atoms with E-state index in [2.05, 4.69) is 5.32 Å². The SMILES string of the molecule is CC(CC#N)Nc1cc(Oc2ccc(S(C)(=O)=O)cc2Cl)ccc1[N+](=O)[O-]. The second-order valence-electron chi connectivity index (χ2n) is 5.81. The number of halogens is 1. The highest BCUT2D eigenvalue weighted by Crippen LogP contribution is 2.35. The highest BCUT2D eigenvalue weighted by Gasteiger charge is 2.18. The van der Waals surface area contributed by atoms with Crippen LogP contribution in [0, 0.1) is 21.4 Å². The van der Waals surface area contributed by atoms with Gasteiger partial charge in [-0.15, -0.1) is 0 Å². The number of benzene rings is 2. The number of nitrogens with zero attached hydrogens (tertiary/aromatic N) is 2. The number of nitrogens with one attached hydrogen (secondary N) is 1. The van der Waals surface area contributed by atoms with E-state index < -0.39 is 14.8 Å². The summed E-state index contributed by atoms with van der Waals surface area (Å²) in [5.41, 5.74) is 0.0368. The van der Waals surface area contributed by atoms with Crippen LogP contribution in [0.25, 0.3) is 0 Å². The summed E-state index contributed by atoms with van der Waals surface area (Å²) in [7, 11) is -3.41. The van der Waals surface area contributed by atoms with Gasteiger partial charge in [0, 0.05) is 24.4 Å². The summed E-state index contributed by atoms with van der Waals surface area (Å²) in [5.74, 6) is 0.468. The molecule has 0 aliphatic carbocycles. The minimum absolute atomic E-state index is 0.0521. The monoisotopic (exact) mass is 409 g/mol. The fourth-order valence-electron chi connectivity index (χ4n) is 2.23. The molecule has 8 nitrogen and oxygen atoms in total. The third-order valence-corrected chi connectivity index (χ3v) is 4.93. The Balaban J connectivity index is 2.34. The van der Waals surface area contributed by atoms with Crippen molar-refractivity contribution in [2.24, 2.45) is 0 Å². The normalized spacial score (nSPS) is 12.1. The second kappa shape index (κ2) is 8.24. The Morgan fingerprint density at radius 2 is 2.04 bits per heavy atom. The first kappa shape index (κ1) is 20.5. The Morgan fingerprint density at radius 3 is 2.59 bits per heavy atom. The third-order valence-electron chi connectivity index (χ3n) is 3.52. The van der Waals surface area contributed by atoms with Crippen LogP contribution in [0.1, 0.15) is 13.3 Å². The summed E-state index contributed by atoms with van der Waals surface area (Å²) in [4.78, 5) is 10.7. The molecule has 27 heavy (non-hydrogen) atoms. The maximum Gasteiger partial charge on any atom is 0.292 e. The smallest absolute Gasteiger partial charge is 0.292 e. The number of nitriles is 1. The third kappa shape index (κ3) is 5.32. The fourth-order valence-corrected chi connectivity index (χ4v) is 3.16. The van der Waals surface area contributed by atoms with Crippen LogP contribution in [0.5, 0.6) is 11.5 Å². The lowest BCUT2D eigenvalue weighted by atomic mass is 10.2. The zero-order valence-corrected chi connectivity index (χ0v) is 16.0. The van der Waals surface area contributed by atoms with Gasteiger partial charge in [0.1, 0.15) is 17.2 Å². The Hall–Kier alpha value is -2.83. The number of ether oxygens (including phenoxy) is 1. The van der Waals surface area contributed by atoms with Crippen molar-refractivity contribution >= 4 is 32.8 Å². The van der Waals surface area contributed by atoms with E-state index in [-0.39, 0.29) is 45.3 Å². The molecule has 0 aromatic heterocycles. The molecule has 2 aromatic rings. The summed E-state index contributed by atoms with van der Waals surface area (Å²) in [6.07, 6.45) is 1.23. The number of nitro benzene ring substituents is 1. The van der Waals surface area contributed by atoms with E-state index in [0.717, 1.165) is 6.26 Å². The Kier molecular flexibility index (Phi) is 6.25. The van der Waals surface area contributed by atoms with Crippen molar-refractivity contribution in [2.45, 2.75) is 24.3 Å². The van der Waals surface area contributed by atoms with Crippen LogP contribution < -0.4 is 10.1 Å². The molecule has 0 aliphatic rings. The van der Waals surface area contributed by atoms with E-state index in [9.17, 15) is 18.5 Å². The lowest BCUT2D eigenvalue weighted by molar-refractivity contribution is -0.384. The van der Waals surface area contributed by atoms with Gasteiger partial charge in [-0.25, -0.2) is 8.42 Å². The number of rotatable bonds is 7. The van der Waals surface area contributed by atoms with Gasteiger partial charge >= 0.3 is 0 Å². The van der Waals surface area contributed by atoms with Crippen molar-refractivity contribution in [3.8, 4) is 17.6 Å². The molecule has 1 atom stereocenters. The van der Waals surface area contributed by atoms with Gasteiger partial charge in [-0.3, -0.25) is 10.1 Å². The maximum atomic E-state index is 11.6. The fraction of sp³-hybridized carbons (Fsp3) is 0.235. The topological polar surface area (TPSA) is 122 Å². The molecule has 2 aromatic carbocycles. The van der Waals surface area contributed by atoms with Crippen LogP contribution in [-0.2, 0) is 9.84 Å². The van der Waals surface area contributed by atoms with E-state index in [0.29, 0.717) is 0 Å². The second-order valence-corrected chi connectivity index (χ2v) is 8.23. The van der Waals surface area contributed by atoms with Crippen LogP contribution in [0.15, 0.2) is 41.3 Å². The van der Waals surface area contributed by atoms with Crippen molar-refractivity contribution in [3.63, 3.8) is 0 Å². The van der Waals surface area contributed by atoms with Crippen LogP contribution in [0.4, 0.5) is 11.4 Å².